The number of hydrogen-bond acceptors (Lipinski definition) is 2. The lowest BCUT2D eigenvalue weighted by atomic mass is 9.99. The Morgan fingerprint density at radius 1 is 0.852 bits per heavy atom. The minimum absolute atomic E-state index is 0.131. The van der Waals surface area contributed by atoms with Gasteiger partial charge in [0.05, 0.1) is 11.1 Å². The zero-order chi connectivity index (χ0) is 20.5. The molecule has 0 fully saturated rings. The molecule has 0 nitrogen and oxygen atoms in total. The highest BCUT2D eigenvalue weighted by Crippen LogP contribution is 2.66. The van der Waals surface area contributed by atoms with Gasteiger partial charge in [0.1, 0.15) is 0 Å². The molecular weight excluding hydrogens is 406 g/mol. The lowest BCUT2D eigenvalue weighted by Crippen LogP contribution is -2.48. The van der Waals surface area contributed by atoms with Crippen LogP contribution in [-0.4, -0.2) is 17.8 Å². The molecule has 1 aliphatic rings. The highest BCUT2D eigenvalue weighted by Gasteiger charge is 2.80. The Balaban J connectivity index is 2.49. The highest BCUT2D eigenvalue weighted by atomic mass is 32.1. The van der Waals surface area contributed by atoms with Gasteiger partial charge in [0.2, 0.25) is 0 Å². The quantitative estimate of drug-likeness (QED) is 0.368. The number of aryl methyl sites for hydroxylation is 3. The minimum Gasteiger partial charge on any atom is -0.194 e. The number of terminal acetylenes is 1. The topological polar surface area (TPSA) is 0 Å². The molecule has 3 rings (SSSR count). The van der Waals surface area contributed by atoms with Crippen LogP contribution in [0.25, 0.3) is 11.1 Å². The second-order valence-electron chi connectivity index (χ2n) is 6.47. The number of rotatable bonds is 2. The zero-order valence-corrected chi connectivity index (χ0v) is 16.4. The number of hydrogen-bond donors (Lipinski definition) is 0. The van der Waals surface area contributed by atoms with Crippen molar-refractivity contribution in [3.8, 4) is 12.3 Å². The van der Waals surface area contributed by atoms with E-state index in [-0.39, 0.29) is 26.4 Å². The van der Waals surface area contributed by atoms with Gasteiger partial charge in [0, 0.05) is 25.1 Å². The summed E-state index contributed by atoms with van der Waals surface area (Å²) in [6.07, 6.45) is 5.37. The summed E-state index contributed by atoms with van der Waals surface area (Å²) in [6.45, 7) is 5.96. The first kappa shape index (κ1) is 20.0. The molecule has 2 aromatic rings. The highest BCUT2D eigenvalue weighted by molar-refractivity contribution is 7.14. The van der Waals surface area contributed by atoms with Crippen LogP contribution in [0.5, 0.6) is 0 Å². The van der Waals surface area contributed by atoms with Gasteiger partial charge in [-0.1, -0.05) is 5.92 Å². The van der Waals surface area contributed by atoms with Crippen LogP contribution >= 0.6 is 22.7 Å². The van der Waals surface area contributed by atoms with Crippen LogP contribution in [0.1, 0.15) is 36.2 Å². The Hall–Kier alpha value is -1.72. The Bertz CT molecular complexity index is 1010. The number of alkyl halides is 6. The summed E-state index contributed by atoms with van der Waals surface area (Å²) in [5, 5.41) is 0. The third kappa shape index (κ3) is 2.44. The lowest BCUT2D eigenvalue weighted by Gasteiger charge is -2.25. The molecule has 0 radical (unpaired) electrons. The van der Waals surface area contributed by atoms with E-state index >= 15 is 0 Å². The molecule has 27 heavy (non-hydrogen) atoms. The van der Waals surface area contributed by atoms with Gasteiger partial charge >= 0.3 is 17.8 Å². The van der Waals surface area contributed by atoms with E-state index in [1.54, 1.807) is 13.8 Å². The molecule has 0 saturated heterocycles. The van der Waals surface area contributed by atoms with Crippen LogP contribution in [0.3, 0.4) is 0 Å². The lowest BCUT2D eigenvalue weighted by molar-refractivity contribution is -0.254. The summed E-state index contributed by atoms with van der Waals surface area (Å²) in [5.41, 5.74) is -1.99. The SMILES string of the molecule is C#Cc1c(C)sc(C2=C(c3sc(C)cc3C)C(F)(F)C(F)(F)C2(F)F)c1C. The summed E-state index contributed by atoms with van der Waals surface area (Å²) in [7, 11) is 0. The molecule has 8 heteroatoms. The van der Waals surface area contributed by atoms with Crippen molar-refractivity contribution in [3.05, 3.63) is 42.3 Å². The Kier molecular flexibility index (Phi) is 4.37. The van der Waals surface area contributed by atoms with Gasteiger partial charge in [-0.2, -0.15) is 26.3 Å². The summed E-state index contributed by atoms with van der Waals surface area (Å²) >= 11 is 1.53. The van der Waals surface area contributed by atoms with Crippen LogP contribution in [0.4, 0.5) is 26.3 Å². The Labute approximate surface area is 160 Å². The van der Waals surface area contributed by atoms with Crippen molar-refractivity contribution in [2.75, 3.05) is 0 Å². The molecule has 2 heterocycles. The minimum atomic E-state index is -5.55. The van der Waals surface area contributed by atoms with Crippen LogP contribution < -0.4 is 0 Å². The largest absolute Gasteiger partial charge is 0.380 e. The van der Waals surface area contributed by atoms with Crippen molar-refractivity contribution in [3.63, 3.8) is 0 Å². The van der Waals surface area contributed by atoms with E-state index in [1.807, 2.05) is 0 Å². The maximum atomic E-state index is 14.7. The summed E-state index contributed by atoms with van der Waals surface area (Å²) in [5.74, 6) is -13.3. The molecule has 0 unspecified atom stereocenters. The third-order valence-corrected chi connectivity index (χ3v) is 7.02. The molecule has 0 bridgehead atoms. The second-order valence-corrected chi connectivity index (χ2v) is 8.96. The van der Waals surface area contributed by atoms with Crippen LogP contribution in [-0.2, 0) is 0 Å². The average molecular weight is 420 g/mol. The van der Waals surface area contributed by atoms with Gasteiger partial charge in [0.25, 0.3) is 0 Å². The molecule has 2 aromatic heterocycles. The Morgan fingerprint density at radius 2 is 1.37 bits per heavy atom. The second kappa shape index (κ2) is 5.89. The van der Waals surface area contributed by atoms with Crippen molar-refractivity contribution < 1.29 is 26.3 Å². The van der Waals surface area contributed by atoms with Crippen molar-refractivity contribution >= 4 is 33.8 Å². The van der Waals surface area contributed by atoms with Crippen LogP contribution in [0, 0.1) is 40.0 Å². The fraction of sp³-hybridized carbons (Fsp3) is 0.368. The number of halogens is 6. The van der Waals surface area contributed by atoms with Gasteiger partial charge in [0.15, 0.2) is 0 Å². The van der Waals surface area contributed by atoms with Gasteiger partial charge in [-0.3, -0.25) is 0 Å². The third-order valence-electron chi connectivity index (χ3n) is 4.63. The van der Waals surface area contributed by atoms with E-state index in [2.05, 4.69) is 5.92 Å². The first-order valence-corrected chi connectivity index (χ1v) is 9.45. The molecule has 0 spiro atoms. The molecule has 0 aromatic carbocycles. The normalized spacial score (nSPS) is 20.2. The van der Waals surface area contributed by atoms with Crippen molar-refractivity contribution in [2.45, 2.75) is 45.5 Å². The Morgan fingerprint density at radius 3 is 1.78 bits per heavy atom. The molecular formula is C19H14F6S2. The van der Waals surface area contributed by atoms with Gasteiger partial charge < -0.3 is 0 Å². The zero-order valence-electron chi connectivity index (χ0n) is 14.7. The number of thiophene rings is 2. The van der Waals surface area contributed by atoms with E-state index in [1.165, 1.54) is 19.9 Å². The summed E-state index contributed by atoms with van der Waals surface area (Å²) in [4.78, 5) is 0.428. The smallest absolute Gasteiger partial charge is 0.194 e. The van der Waals surface area contributed by atoms with E-state index in [0.29, 0.717) is 9.75 Å². The van der Waals surface area contributed by atoms with Gasteiger partial charge in [-0.15, -0.1) is 29.1 Å². The fourth-order valence-electron chi connectivity index (χ4n) is 3.33. The number of allylic oxidation sites excluding steroid dienone is 2. The molecule has 0 amide bonds. The van der Waals surface area contributed by atoms with Gasteiger partial charge in [-0.05, 0) is 44.9 Å². The molecule has 1 aliphatic carbocycles. The predicted molar refractivity (Wildman–Crippen MR) is 97.2 cm³/mol. The summed E-state index contributed by atoms with van der Waals surface area (Å²) in [6, 6.07) is 1.51. The molecule has 144 valence electrons. The first-order valence-electron chi connectivity index (χ1n) is 7.82. The summed E-state index contributed by atoms with van der Waals surface area (Å²) < 4.78 is 87.4. The van der Waals surface area contributed by atoms with Crippen LogP contribution in [0.2, 0.25) is 0 Å². The van der Waals surface area contributed by atoms with Gasteiger partial charge in [-0.25, -0.2) is 0 Å². The van der Waals surface area contributed by atoms with E-state index in [4.69, 9.17) is 6.42 Å². The van der Waals surface area contributed by atoms with E-state index in [0.717, 1.165) is 22.7 Å². The maximum absolute atomic E-state index is 14.7. The van der Waals surface area contributed by atoms with E-state index in [9.17, 15) is 26.3 Å². The first-order chi connectivity index (χ1) is 12.3. The van der Waals surface area contributed by atoms with E-state index < -0.39 is 28.9 Å². The molecule has 0 N–H and O–H groups in total. The standard InChI is InChI=1S/C19H14F6S2/c1-6-12-10(4)16(27-11(12)5)14-13(15-8(2)7-9(3)26-15)17(20,21)19(24,25)18(14,22)23/h1,7H,2-5H3. The molecule has 0 atom stereocenters. The molecule has 0 aliphatic heterocycles. The van der Waals surface area contributed by atoms with Crippen molar-refractivity contribution in [1.82, 2.24) is 0 Å². The van der Waals surface area contributed by atoms with Crippen molar-refractivity contribution in [2.24, 2.45) is 0 Å². The van der Waals surface area contributed by atoms with Crippen LogP contribution in [0.15, 0.2) is 6.07 Å². The maximum Gasteiger partial charge on any atom is 0.380 e. The predicted octanol–water partition coefficient (Wildman–Crippen LogP) is 6.85. The molecule has 0 saturated carbocycles. The monoisotopic (exact) mass is 420 g/mol. The van der Waals surface area contributed by atoms with Crippen molar-refractivity contribution in [1.29, 1.82) is 0 Å². The fourth-order valence-corrected chi connectivity index (χ4v) is 5.65. The average Bonchev–Trinajstić information content (AvgIpc) is 3.04.